The van der Waals surface area contributed by atoms with Gasteiger partial charge < -0.3 is 9.47 Å². The van der Waals surface area contributed by atoms with E-state index >= 15 is 0 Å². The zero-order valence-corrected chi connectivity index (χ0v) is 9.41. The highest BCUT2D eigenvalue weighted by atomic mass is 16.6. The van der Waals surface area contributed by atoms with Crippen molar-refractivity contribution in [3.05, 3.63) is 12.7 Å². The van der Waals surface area contributed by atoms with Crippen LogP contribution in [-0.2, 0) is 14.3 Å². The van der Waals surface area contributed by atoms with Crippen molar-refractivity contribution in [2.45, 2.75) is 38.7 Å². The summed E-state index contributed by atoms with van der Waals surface area (Å²) in [6, 6.07) is 0. The normalized spacial score (nSPS) is 20.7. The quantitative estimate of drug-likeness (QED) is 0.268. The highest BCUT2D eigenvalue weighted by Crippen LogP contribution is 2.25. The summed E-state index contributed by atoms with van der Waals surface area (Å²) in [7, 11) is 0. The summed E-state index contributed by atoms with van der Waals surface area (Å²) in [6.07, 6.45) is 6.25. The first-order valence-corrected chi connectivity index (χ1v) is 5.68. The molecule has 0 radical (unpaired) electrons. The Balaban J connectivity index is 2.18. The molecule has 1 fully saturated rings. The minimum atomic E-state index is -0.337. The minimum Gasteiger partial charge on any atom is -0.462 e. The van der Waals surface area contributed by atoms with Gasteiger partial charge in [0.1, 0.15) is 0 Å². The van der Waals surface area contributed by atoms with E-state index in [0.717, 1.165) is 13.0 Å². The summed E-state index contributed by atoms with van der Waals surface area (Å²) in [5, 5.41) is 0. The van der Waals surface area contributed by atoms with Crippen LogP contribution in [0.25, 0.3) is 0 Å². The van der Waals surface area contributed by atoms with Crippen LogP contribution in [0.15, 0.2) is 12.7 Å². The van der Waals surface area contributed by atoms with Crippen LogP contribution in [-0.4, -0.2) is 25.3 Å². The molecule has 15 heavy (non-hydrogen) atoms. The second-order valence-corrected chi connectivity index (χ2v) is 3.96. The Morgan fingerprint density at radius 3 is 2.93 bits per heavy atom. The Hall–Kier alpha value is -0.830. The van der Waals surface area contributed by atoms with Crippen LogP contribution in [0.4, 0.5) is 0 Å². The molecule has 0 bridgehead atoms. The summed E-state index contributed by atoms with van der Waals surface area (Å²) in [5.74, 6) is 0.0385. The van der Waals surface area contributed by atoms with E-state index in [1.54, 1.807) is 0 Å². The van der Waals surface area contributed by atoms with E-state index in [2.05, 4.69) is 13.5 Å². The first-order chi connectivity index (χ1) is 7.27. The number of esters is 1. The topological polar surface area (TPSA) is 38.8 Å². The smallest absolute Gasteiger partial charge is 0.330 e. The molecule has 1 saturated heterocycles. The second kappa shape index (κ2) is 6.62. The molecule has 0 aliphatic carbocycles. The standard InChI is InChI=1S/C12H20O3/c1-3-5-6-7-10(11-9-14-11)8-15-12(13)4-2/h4,10-11H,2-3,5-9H2,1H3. The van der Waals surface area contributed by atoms with Gasteiger partial charge in [-0.3, -0.25) is 0 Å². The lowest BCUT2D eigenvalue weighted by Crippen LogP contribution is -2.18. The van der Waals surface area contributed by atoms with Gasteiger partial charge in [-0.25, -0.2) is 4.79 Å². The van der Waals surface area contributed by atoms with Gasteiger partial charge in [0.15, 0.2) is 0 Å². The molecule has 3 nitrogen and oxygen atoms in total. The minimum absolute atomic E-state index is 0.319. The number of ether oxygens (including phenoxy) is 2. The average Bonchev–Trinajstić information content (AvgIpc) is 3.06. The molecule has 2 atom stereocenters. The van der Waals surface area contributed by atoms with Crippen molar-refractivity contribution in [2.75, 3.05) is 13.2 Å². The Morgan fingerprint density at radius 1 is 1.67 bits per heavy atom. The van der Waals surface area contributed by atoms with Crippen molar-refractivity contribution < 1.29 is 14.3 Å². The fraction of sp³-hybridized carbons (Fsp3) is 0.750. The molecule has 0 aromatic heterocycles. The average molecular weight is 212 g/mol. The number of hydrogen-bond donors (Lipinski definition) is 0. The lowest BCUT2D eigenvalue weighted by atomic mass is 9.99. The SMILES string of the molecule is C=CC(=O)OCC(CCCCC)C1CO1. The van der Waals surface area contributed by atoms with Crippen LogP contribution in [0.2, 0.25) is 0 Å². The van der Waals surface area contributed by atoms with Crippen LogP contribution < -0.4 is 0 Å². The lowest BCUT2D eigenvalue weighted by molar-refractivity contribution is -0.139. The zero-order valence-electron chi connectivity index (χ0n) is 9.41. The third-order valence-electron chi connectivity index (χ3n) is 2.67. The van der Waals surface area contributed by atoms with Gasteiger partial charge in [0.2, 0.25) is 0 Å². The summed E-state index contributed by atoms with van der Waals surface area (Å²) in [5.41, 5.74) is 0. The van der Waals surface area contributed by atoms with Crippen molar-refractivity contribution in [3.63, 3.8) is 0 Å². The first-order valence-electron chi connectivity index (χ1n) is 5.68. The lowest BCUT2D eigenvalue weighted by Gasteiger charge is -2.13. The number of epoxide rings is 1. The molecular formula is C12H20O3. The Kier molecular flexibility index (Phi) is 5.40. The summed E-state index contributed by atoms with van der Waals surface area (Å²) >= 11 is 0. The molecule has 0 amide bonds. The van der Waals surface area contributed by atoms with Gasteiger partial charge in [-0.05, 0) is 6.42 Å². The van der Waals surface area contributed by atoms with E-state index < -0.39 is 0 Å². The van der Waals surface area contributed by atoms with Gasteiger partial charge in [-0.15, -0.1) is 0 Å². The maximum atomic E-state index is 10.9. The molecular weight excluding hydrogens is 192 g/mol. The molecule has 2 unspecified atom stereocenters. The van der Waals surface area contributed by atoms with E-state index in [4.69, 9.17) is 9.47 Å². The molecule has 1 rings (SSSR count). The molecule has 1 heterocycles. The van der Waals surface area contributed by atoms with E-state index in [1.807, 2.05) is 0 Å². The Labute approximate surface area is 91.4 Å². The summed E-state index contributed by atoms with van der Waals surface area (Å²) in [6.45, 7) is 6.84. The monoisotopic (exact) mass is 212 g/mol. The molecule has 0 aromatic rings. The maximum absolute atomic E-state index is 10.9. The number of hydrogen-bond acceptors (Lipinski definition) is 3. The van der Waals surface area contributed by atoms with Crippen molar-refractivity contribution in [2.24, 2.45) is 5.92 Å². The van der Waals surface area contributed by atoms with Gasteiger partial charge in [0.05, 0.1) is 19.3 Å². The van der Waals surface area contributed by atoms with Gasteiger partial charge in [0.25, 0.3) is 0 Å². The summed E-state index contributed by atoms with van der Waals surface area (Å²) in [4.78, 5) is 10.9. The van der Waals surface area contributed by atoms with Crippen molar-refractivity contribution in [1.82, 2.24) is 0 Å². The van der Waals surface area contributed by atoms with Crippen molar-refractivity contribution in [3.8, 4) is 0 Å². The van der Waals surface area contributed by atoms with Crippen LogP contribution in [0.1, 0.15) is 32.6 Å². The Morgan fingerprint density at radius 2 is 2.40 bits per heavy atom. The van der Waals surface area contributed by atoms with E-state index in [-0.39, 0.29) is 5.97 Å². The third kappa shape index (κ3) is 4.98. The number of unbranched alkanes of at least 4 members (excludes halogenated alkanes) is 2. The van der Waals surface area contributed by atoms with Gasteiger partial charge in [0, 0.05) is 12.0 Å². The van der Waals surface area contributed by atoms with E-state index in [0.29, 0.717) is 18.6 Å². The van der Waals surface area contributed by atoms with Crippen molar-refractivity contribution in [1.29, 1.82) is 0 Å². The number of rotatable bonds is 8. The predicted molar refractivity (Wildman–Crippen MR) is 58.5 cm³/mol. The van der Waals surface area contributed by atoms with Crippen LogP contribution in [0, 0.1) is 5.92 Å². The summed E-state index contributed by atoms with van der Waals surface area (Å²) < 4.78 is 10.3. The number of carbonyl (C=O) groups excluding carboxylic acids is 1. The molecule has 0 N–H and O–H groups in total. The first kappa shape index (κ1) is 12.2. The fourth-order valence-corrected chi connectivity index (χ4v) is 1.61. The van der Waals surface area contributed by atoms with Gasteiger partial charge in [-0.2, -0.15) is 0 Å². The van der Waals surface area contributed by atoms with Crippen LogP contribution >= 0.6 is 0 Å². The van der Waals surface area contributed by atoms with Gasteiger partial charge in [-0.1, -0.05) is 32.8 Å². The van der Waals surface area contributed by atoms with E-state index in [9.17, 15) is 4.79 Å². The molecule has 0 spiro atoms. The molecule has 1 aliphatic rings. The molecule has 0 aromatic carbocycles. The fourth-order valence-electron chi connectivity index (χ4n) is 1.61. The second-order valence-electron chi connectivity index (χ2n) is 3.96. The molecule has 3 heteroatoms. The predicted octanol–water partition coefficient (Wildman–Crippen LogP) is 2.31. The van der Waals surface area contributed by atoms with Gasteiger partial charge >= 0.3 is 5.97 Å². The van der Waals surface area contributed by atoms with Crippen molar-refractivity contribution >= 4 is 5.97 Å². The van der Waals surface area contributed by atoms with E-state index in [1.165, 1.54) is 25.3 Å². The molecule has 1 aliphatic heterocycles. The number of carbonyl (C=O) groups is 1. The highest BCUT2D eigenvalue weighted by molar-refractivity contribution is 5.81. The van der Waals surface area contributed by atoms with Crippen LogP contribution in [0.3, 0.4) is 0 Å². The Bertz CT molecular complexity index is 209. The molecule has 86 valence electrons. The third-order valence-corrected chi connectivity index (χ3v) is 2.67. The zero-order chi connectivity index (χ0) is 11.1. The molecule has 0 saturated carbocycles. The highest BCUT2D eigenvalue weighted by Gasteiger charge is 2.32. The maximum Gasteiger partial charge on any atom is 0.330 e. The largest absolute Gasteiger partial charge is 0.462 e. The van der Waals surface area contributed by atoms with Crippen LogP contribution in [0.5, 0.6) is 0 Å².